The van der Waals surface area contributed by atoms with Gasteiger partial charge in [0.25, 0.3) is 5.91 Å². The smallest absolute Gasteiger partial charge is 0.258 e. The second-order valence-electron chi connectivity index (χ2n) is 10.4. The monoisotopic (exact) mass is 504 g/mol. The largest absolute Gasteiger partial charge is 0.460 e. The van der Waals surface area contributed by atoms with Gasteiger partial charge in [-0.3, -0.25) is 4.79 Å². The Labute approximate surface area is 222 Å². The van der Waals surface area contributed by atoms with Crippen molar-refractivity contribution in [1.82, 2.24) is 10.2 Å². The third-order valence-corrected chi connectivity index (χ3v) is 7.82. The number of aryl methyl sites for hydroxylation is 1. The van der Waals surface area contributed by atoms with Crippen molar-refractivity contribution in [2.75, 3.05) is 26.2 Å². The predicted molar refractivity (Wildman–Crippen MR) is 151 cm³/mol. The Morgan fingerprint density at radius 3 is 2.51 bits per heavy atom. The van der Waals surface area contributed by atoms with E-state index in [1.54, 1.807) is 0 Å². The lowest BCUT2D eigenvalue weighted by Crippen LogP contribution is -2.41. The van der Waals surface area contributed by atoms with Crippen LogP contribution in [0.1, 0.15) is 86.9 Å². The molecule has 1 aliphatic heterocycles. The van der Waals surface area contributed by atoms with Gasteiger partial charge in [-0.05, 0) is 56.2 Å². The van der Waals surface area contributed by atoms with Crippen molar-refractivity contribution >= 4 is 16.9 Å². The van der Waals surface area contributed by atoms with E-state index in [2.05, 4.69) is 56.4 Å². The van der Waals surface area contributed by atoms with Gasteiger partial charge in [0.05, 0.1) is 11.7 Å². The molecule has 0 aliphatic carbocycles. The van der Waals surface area contributed by atoms with Gasteiger partial charge in [0.1, 0.15) is 11.3 Å². The molecule has 2 aromatic carbocycles. The molecule has 1 saturated heterocycles. The van der Waals surface area contributed by atoms with Crippen molar-refractivity contribution in [1.29, 1.82) is 0 Å². The molecule has 1 N–H and O–H groups in total. The number of fused-ring (bicyclic) bond motifs is 1. The summed E-state index contributed by atoms with van der Waals surface area (Å²) in [7, 11) is 0. The van der Waals surface area contributed by atoms with Crippen LogP contribution in [0, 0.1) is 0 Å². The number of unbranched alkanes of at least 4 members (excludes halogenated alkanes) is 1. The summed E-state index contributed by atoms with van der Waals surface area (Å²) in [5.74, 6) is 1.44. The average molecular weight is 505 g/mol. The highest BCUT2D eigenvalue weighted by Crippen LogP contribution is 2.29. The summed E-state index contributed by atoms with van der Waals surface area (Å²) >= 11 is 0. The highest BCUT2D eigenvalue weighted by molar-refractivity contribution is 6.07. The first-order valence-electron chi connectivity index (χ1n) is 14.3. The summed E-state index contributed by atoms with van der Waals surface area (Å²) in [6, 6.07) is 19.1. The van der Waals surface area contributed by atoms with Crippen LogP contribution < -0.4 is 5.32 Å². The molecule has 0 bridgehead atoms. The molecule has 2 atom stereocenters. The van der Waals surface area contributed by atoms with E-state index in [1.807, 2.05) is 29.2 Å². The lowest BCUT2D eigenvalue weighted by Gasteiger charge is -2.32. The van der Waals surface area contributed by atoms with Gasteiger partial charge >= 0.3 is 0 Å². The number of nitrogens with one attached hydrogen (secondary N) is 1. The van der Waals surface area contributed by atoms with Crippen molar-refractivity contribution in [3.8, 4) is 0 Å². The van der Waals surface area contributed by atoms with Crippen molar-refractivity contribution in [2.24, 2.45) is 0 Å². The van der Waals surface area contributed by atoms with Crippen LogP contribution in [0.15, 0.2) is 59.0 Å². The zero-order valence-corrected chi connectivity index (χ0v) is 22.9. The predicted octanol–water partition coefficient (Wildman–Crippen LogP) is 6.96. The third-order valence-electron chi connectivity index (χ3n) is 7.82. The first-order valence-corrected chi connectivity index (χ1v) is 14.3. The molecule has 200 valence electrons. The Hall–Kier alpha value is -2.63. The first-order chi connectivity index (χ1) is 18.1. The highest BCUT2D eigenvalue weighted by atomic mass is 16.5. The van der Waals surface area contributed by atoms with E-state index in [-0.39, 0.29) is 12.0 Å². The summed E-state index contributed by atoms with van der Waals surface area (Å²) in [5.41, 5.74) is 2.97. The molecule has 1 fully saturated rings. The molecule has 1 amide bonds. The molecule has 2 heterocycles. The summed E-state index contributed by atoms with van der Waals surface area (Å²) in [5, 5.41) is 4.68. The Balaban J connectivity index is 1.21. The fourth-order valence-electron chi connectivity index (χ4n) is 5.50. The maximum absolute atomic E-state index is 13.5. The molecule has 2 unspecified atom stereocenters. The second-order valence-corrected chi connectivity index (χ2v) is 10.4. The van der Waals surface area contributed by atoms with Gasteiger partial charge in [-0.25, -0.2) is 0 Å². The molecule has 0 radical (unpaired) electrons. The maximum atomic E-state index is 13.5. The van der Waals surface area contributed by atoms with Crippen LogP contribution >= 0.6 is 0 Å². The number of nitrogens with zero attached hydrogens (tertiary/aromatic N) is 1. The minimum atomic E-state index is 0.108. The fourth-order valence-corrected chi connectivity index (χ4v) is 5.50. The lowest BCUT2D eigenvalue weighted by atomic mass is 9.91. The number of rotatable bonds is 13. The third kappa shape index (κ3) is 7.03. The van der Waals surface area contributed by atoms with Gasteiger partial charge in [-0.2, -0.15) is 0 Å². The summed E-state index contributed by atoms with van der Waals surface area (Å²) in [4.78, 5) is 15.5. The van der Waals surface area contributed by atoms with E-state index in [1.165, 1.54) is 5.56 Å². The van der Waals surface area contributed by atoms with Crippen molar-refractivity contribution in [3.63, 3.8) is 0 Å². The van der Waals surface area contributed by atoms with Crippen molar-refractivity contribution in [3.05, 3.63) is 71.5 Å². The van der Waals surface area contributed by atoms with Crippen LogP contribution in [0.3, 0.4) is 0 Å². The number of carbonyl (C=O) groups excluding carboxylic acids is 1. The van der Waals surface area contributed by atoms with E-state index in [9.17, 15) is 4.79 Å². The maximum Gasteiger partial charge on any atom is 0.258 e. The number of likely N-dealkylation sites (tertiary alicyclic amines) is 1. The molecule has 0 saturated carbocycles. The molecule has 5 heteroatoms. The Morgan fingerprint density at radius 2 is 1.78 bits per heavy atom. The number of benzene rings is 2. The van der Waals surface area contributed by atoms with Crippen LogP contribution in [0.2, 0.25) is 0 Å². The summed E-state index contributed by atoms with van der Waals surface area (Å²) < 4.78 is 12.3. The number of para-hydroxylation sites is 1. The molecular formula is C32H44N2O3. The van der Waals surface area contributed by atoms with E-state index >= 15 is 0 Å². The SMILES string of the molecule is CCCCc1oc2ccccc2c1C(=O)N1CCC(OCCCNC(CC)C(C)c2ccccc2)CC1. The first kappa shape index (κ1) is 27.4. The zero-order valence-electron chi connectivity index (χ0n) is 22.9. The Bertz CT molecular complexity index is 1100. The minimum absolute atomic E-state index is 0.108. The van der Waals surface area contributed by atoms with Crippen LogP contribution in [0.25, 0.3) is 11.0 Å². The number of piperidine rings is 1. The highest BCUT2D eigenvalue weighted by Gasteiger charge is 2.28. The Morgan fingerprint density at radius 1 is 1.05 bits per heavy atom. The van der Waals surface area contributed by atoms with Crippen molar-refractivity contribution < 1.29 is 13.9 Å². The molecule has 5 nitrogen and oxygen atoms in total. The van der Waals surface area contributed by atoms with E-state index in [0.29, 0.717) is 12.0 Å². The Kier molecular flexibility index (Phi) is 10.2. The quantitative estimate of drug-likeness (QED) is 0.256. The van der Waals surface area contributed by atoms with Gasteiger partial charge in [0.15, 0.2) is 0 Å². The van der Waals surface area contributed by atoms with Crippen LogP contribution in [0.4, 0.5) is 0 Å². The van der Waals surface area contributed by atoms with Crippen molar-refractivity contribution in [2.45, 2.75) is 83.8 Å². The van der Waals surface area contributed by atoms with Gasteiger partial charge in [-0.15, -0.1) is 0 Å². The van der Waals surface area contributed by atoms with Gasteiger partial charge in [0.2, 0.25) is 0 Å². The topological polar surface area (TPSA) is 54.7 Å². The van der Waals surface area contributed by atoms with E-state index < -0.39 is 0 Å². The van der Waals surface area contributed by atoms with Gasteiger partial charge < -0.3 is 19.4 Å². The fraction of sp³-hybridized carbons (Fsp3) is 0.531. The van der Waals surface area contributed by atoms with Gasteiger partial charge in [-0.1, -0.05) is 75.7 Å². The number of hydrogen-bond acceptors (Lipinski definition) is 4. The molecule has 1 aromatic heterocycles. The zero-order chi connectivity index (χ0) is 26.0. The molecule has 1 aliphatic rings. The molecule has 4 rings (SSSR count). The number of hydrogen-bond donors (Lipinski definition) is 1. The lowest BCUT2D eigenvalue weighted by molar-refractivity contribution is 0.00773. The van der Waals surface area contributed by atoms with Gasteiger partial charge in [0, 0.05) is 37.5 Å². The molecule has 3 aromatic rings. The van der Waals surface area contributed by atoms with E-state index in [4.69, 9.17) is 9.15 Å². The minimum Gasteiger partial charge on any atom is -0.460 e. The normalized spacial score (nSPS) is 16.2. The van der Waals surface area contributed by atoms with Crippen LogP contribution in [-0.2, 0) is 11.2 Å². The van der Waals surface area contributed by atoms with Crippen LogP contribution in [0.5, 0.6) is 0 Å². The number of carbonyl (C=O) groups is 1. The second kappa shape index (κ2) is 13.8. The standard InChI is InChI=1S/C32H44N2O3/c1-4-6-16-30-31(27-15-10-11-17-29(27)37-30)32(35)34-21-18-26(19-22-34)36-23-12-20-33-28(5-2)24(3)25-13-8-7-9-14-25/h7-11,13-15,17,24,26,28,33H,4-6,12,16,18-23H2,1-3H3. The average Bonchev–Trinajstić information content (AvgIpc) is 3.32. The number of amides is 1. The molecule has 37 heavy (non-hydrogen) atoms. The summed E-state index contributed by atoms with van der Waals surface area (Å²) in [6.07, 6.45) is 7.03. The van der Waals surface area contributed by atoms with E-state index in [0.717, 1.165) is 93.5 Å². The number of furan rings is 1. The summed E-state index contributed by atoms with van der Waals surface area (Å²) in [6.45, 7) is 9.92. The molecule has 0 spiro atoms. The van der Waals surface area contributed by atoms with Crippen LogP contribution in [-0.4, -0.2) is 49.2 Å². The molecular weight excluding hydrogens is 460 g/mol. The number of ether oxygens (including phenoxy) is 1.